The van der Waals surface area contributed by atoms with Gasteiger partial charge in [0.25, 0.3) is 5.91 Å². The maximum atomic E-state index is 14.1. The van der Waals surface area contributed by atoms with Crippen LogP contribution in [0.15, 0.2) is 55.1 Å². The van der Waals surface area contributed by atoms with Crippen molar-refractivity contribution in [3.63, 3.8) is 0 Å². The second-order valence-electron chi connectivity index (χ2n) is 11.0. The number of benzene rings is 2. The minimum atomic E-state index is -3.55. The standard InChI is InChI=1S/C29H32Cl2N2O4S/c1-5-6-25-28(34)33(24(18-7-8-18)17-38(35,36)29(2,3)4)26(19-11-13-22(30)14-12-19)27(37-25)20-9-10-21(16-32)23(31)15-20/h5,9-15,18,24-27H,1,6-8,17H2,2-4H3. The highest BCUT2D eigenvalue weighted by atomic mass is 35.5. The summed E-state index contributed by atoms with van der Waals surface area (Å²) in [5.41, 5.74) is 1.79. The maximum absolute atomic E-state index is 14.1. The van der Waals surface area contributed by atoms with E-state index in [2.05, 4.69) is 12.6 Å². The molecular weight excluding hydrogens is 543 g/mol. The van der Waals surface area contributed by atoms with Gasteiger partial charge < -0.3 is 9.64 Å². The van der Waals surface area contributed by atoms with E-state index < -0.39 is 38.9 Å². The van der Waals surface area contributed by atoms with Gasteiger partial charge in [-0.1, -0.05) is 47.5 Å². The molecule has 2 aromatic carbocycles. The van der Waals surface area contributed by atoms with Gasteiger partial charge in [-0.05, 0) is 74.9 Å². The van der Waals surface area contributed by atoms with E-state index in [1.807, 2.05) is 12.1 Å². The quantitative estimate of drug-likeness (QED) is 0.338. The Morgan fingerprint density at radius 1 is 1.16 bits per heavy atom. The fourth-order valence-corrected chi connectivity index (χ4v) is 6.63. The lowest BCUT2D eigenvalue weighted by molar-refractivity contribution is -0.178. The smallest absolute Gasteiger partial charge is 0.252 e. The summed E-state index contributed by atoms with van der Waals surface area (Å²) in [6, 6.07) is 13.2. The fourth-order valence-electron chi connectivity index (χ4n) is 4.89. The minimum absolute atomic E-state index is 0.0681. The molecule has 6 nitrogen and oxygen atoms in total. The van der Waals surface area contributed by atoms with Gasteiger partial charge in [0.2, 0.25) is 0 Å². The number of carbonyl (C=O) groups is 1. The first-order valence-corrected chi connectivity index (χ1v) is 15.0. The molecule has 1 aliphatic heterocycles. The number of hydrogen-bond acceptors (Lipinski definition) is 5. The SMILES string of the molecule is C=CCC1OC(c2ccc(C#N)c(Cl)c2)C(c2ccc(Cl)cc2)N(C(CS(=O)(=O)C(C)(C)C)C2CC2)C1=O. The van der Waals surface area contributed by atoms with Crippen LogP contribution in [0.1, 0.15) is 68.9 Å². The number of carbonyl (C=O) groups excluding carboxylic acids is 1. The van der Waals surface area contributed by atoms with Crippen LogP contribution in [0.2, 0.25) is 10.0 Å². The zero-order chi connectivity index (χ0) is 27.8. The van der Waals surface area contributed by atoms with Crippen LogP contribution in [0.3, 0.4) is 0 Å². The molecule has 1 heterocycles. The summed E-state index contributed by atoms with van der Waals surface area (Å²) in [7, 11) is -3.55. The van der Waals surface area contributed by atoms with E-state index in [1.165, 1.54) is 0 Å². The van der Waals surface area contributed by atoms with Crippen LogP contribution in [0.5, 0.6) is 0 Å². The molecule has 0 bridgehead atoms. The molecule has 0 N–H and O–H groups in total. The third-order valence-electron chi connectivity index (χ3n) is 7.31. The first-order valence-electron chi connectivity index (χ1n) is 12.6. The number of amides is 1. The van der Waals surface area contributed by atoms with Crippen molar-refractivity contribution < 1.29 is 17.9 Å². The normalized spacial score (nSPS) is 23.1. The second kappa shape index (κ2) is 11.0. The lowest BCUT2D eigenvalue weighted by atomic mass is 9.89. The number of ether oxygens (including phenoxy) is 1. The maximum Gasteiger partial charge on any atom is 0.252 e. The van der Waals surface area contributed by atoms with Crippen molar-refractivity contribution in [1.82, 2.24) is 4.90 Å². The van der Waals surface area contributed by atoms with Crippen LogP contribution in [0, 0.1) is 17.2 Å². The Balaban J connectivity index is 1.90. The molecule has 2 aromatic rings. The average molecular weight is 576 g/mol. The van der Waals surface area contributed by atoms with Crippen LogP contribution >= 0.6 is 23.2 Å². The van der Waals surface area contributed by atoms with Gasteiger partial charge in [-0.25, -0.2) is 8.42 Å². The average Bonchev–Trinajstić information content (AvgIpc) is 3.69. The zero-order valence-corrected chi connectivity index (χ0v) is 24.1. The first kappa shape index (κ1) is 28.6. The summed E-state index contributed by atoms with van der Waals surface area (Å²) in [5, 5.41) is 10.2. The summed E-state index contributed by atoms with van der Waals surface area (Å²) < 4.78 is 32.4. The minimum Gasteiger partial charge on any atom is -0.358 e. The third kappa shape index (κ3) is 5.79. The number of nitrogens with zero attached hydrogens (tertiary/aromatic N) is 2. The van der Waals surface area contributed by atoms with Gasteiger partial charge in [-0.15, -0.1) is 6.58 Å². The van der Waals surface area contributed by atoms with E-state index in [9.17, 15) is 18.5 Å². The van der Waals surface area contributed by atoms with Crippen molar-refractivity contribution in [3.8, 4) is 6.07 Å². The Kier molecular flexibility index (Phi) is 8.30. The summed E-state index contributed by atoms with van der Waals surface area (Å²) in [4.78, 5) is 15.8. The molecule has 202 valence electrons. The van der Waals surface area contributed by atoms with Gasteiger partial charge in [0.15, 0.2) is 9.84 Å². The molecule has 4 rings (SSSR count). The molecule has 9 heteroatoms. The number of hydrogen-bond donors (Lipinski definition) is 0. The van der Waals surface area contributed by atoms with Crippen LogP contribution in [0.25, 0.3) is 0 Å². The Labute approximate surface area is 235 Å². The molecule has 4 unspecified atom stereocenters. The van der Waals surface area contributed by atoms with E-state index in [0.717, 1.165) is 18.4 Å². The van der Waals surface area contributed by atoms with Gasteiger partial charge >= 0.3 is 0 Å². The molecule has 2 fully saturated rings. The van der Waals surface area contributed by atoms with Gasteiger partial charge in [-0.2, -0.15) is 5.26 Å². The van der Waals surface area contributed by atoms with Crippen LogP contribution < -0.4 is 0 Å². The summed E-state index contributed by atoms with van der Waals surface area (Å²) >= 11 is 12.6. The number of rotatable bonds is 8. The third-order valence-corrected chi connectivity index (χ3v) is 10.5. The Morgan fingerprint density at radius 2 is 1.79 bits per heavy atom. The molecule has 0 radical (unpaired) electrons. The van der Waals surface area contributed by atoms with Crippen molar-refractivity contribution in [3.05, 3.63) is 81.9 Å². The van der Waals surface area contributed by atoms with E-state index >= 15 is 0 Å². The van der Waals surface area contributed by atoms with Crippen molar-refractivity contribution in [1.29, 1.82) is 5.26 Å². The van der Waals surface area contributed by atoms with E-state index in [1.54, 1.807) is 62.1 Å². The van der Waals surface area contributed by atoms with Gasteiger partial charge in [0.1, 0.15) is 18.3 Å². The van der Waals surface area contributed by atoms with Crippen molar-refractivity contribution in [2.45, 2.75) is 69.1 Å². The predicted octanol–water partition coefficient (Wildman–Crippen LogP) is 6.44. The largest absolute Gasteiger partial charge is 0.358 e. The highest BCUT2D eigenvalue weighted by molar-refractivity contribution is 7.92. The fraction of sp³-hybridized carbons (Fsp3) is 0.448. The Hall–Kier alpha value is -2.37. The molecule has 1 aliphatic carbocycles. The molecule has 2 aliphatic rings. The summed E-state index contributed by atoms with van der Waals surface area (Å²) in [6.07, 6.45) is 2.09. The highest BCUT2D eigenvalue weighted by Crippen LogP contribution is 2.48. The lowest BCUT2D eigenvalue weighted by Gasteiger charge is -2.48. The molecular formula is C29H32Cl2N2O4S. The van der Waals surface area contributed by atoms with Crippen molar-refractivity contribution >= 4 is 38.9 Å². The predicted molar refractivity (Wildman–Crippen MR) is 150 cm³/mol. The van der Waals surface area contributed by atoms with Crippen molar-refractivity contribution in [2.75, 3.05) is 5.75 Å². The summed E-state index contributed by atoms with van der Waals surface area (Å²) in [5.74, 6) is -0.334. The zero-order valence-electron chi connectivity index (χ0n) is 21.7. The molecule has 1 saturated heterocycles. The van der Waals surface area contributed by atoms with E-state index in [0.29, 0.717) is 16.1 Å². The Bertz CT molecular complexity index is 1360. The number of nitriles is 1. The number of sulfone groups is 1. The van der Waals surface area contributed by atoms with Crippen LogP contribution in [0.4, 0.5) is 0 Å². The number of halogens is 2. The van der Waals surface area contributed by atoms with Gasteiger partial charge in [0.05, 0.1) is 27.1 Å². The second-order valence-corrected chi connectivity index (χ2v) is 14.6. The van der Waals surface area contributed by atoms with Gasteiger partial charge in [0, 0.05) is 17.5 Å². The molecule has 0 aromatic heterocycles. The molecule has 4 atom stereocenters. The highest BCUT2D eigenvalue weighted by Gasteiger charge is 2.51. The molecule has 0 spiro atoms. The topological polar surface area (TPSA) is 87.5 Å². The van der Waals surface area contributed by atoms with Crippen LogP contribution in [-0.2, 0) is 19.4 Å². The van der Waals surface area contributed by atoms with E-state index in [4.69, 9.17) is 27.9 Å². The molecule has 38 heavy (non-hydrogen) atoms. The lowest BCUT2D eigenvalue weighted by Crippen LogP contribution is -2.57. The molecule has 1 amide bonds. The van der Waals surface area contributed by atoms with Gasteiger partial charge in [-0.3, -0.25) is 4.79 Å². The molecule has 1 saturated carbocycles. The number of morpholine rings is 1. The van der Waals surface area contributed by atoms with Crippen molar-refractivity contribution in [2.24, 2.45) is 5.92 Å². The van der Waals surface area contributed by atoms with Crippen LogP contribution in [-0.4, -0.2) is 41.9 Å². The Morgan fingerprint density at radius 3 is 2.32 bits per heavy atom. The monoisotopic (exact) mass is 574 g/mol. The van der Waals surface area contributed by atoms with E-state index in [-0.39, 0.29) is 29.0 Å². The first-order chi connectivity index (χ1) is 17.9. The summed E-state index contributed by atoms with van der Waals surface area (Å²) in [6.45, 7) is 8.86.